The Kier molecular flexibility index (Phi) is 4.89. The van der Waals surface area contributed by atoms with Crippen molar-refractivity contribution >= 4 is 50.1 Å². The van der Waals surface area contributed by atoms with Crippen LogP contribution in [0.25, 0.3) is 10.1 Å². The molecule has 4 aromatic carbocycles. The summed E-state index contributed by atoms with van der Waals surface area (Å²) in [4.78, 5) is 0. The average molecular weight is 409 g/mol. The number of rotatable bonds is 4. The standard InChI is InChI=1S/C26H20NPS/c1-4-12-21(13-5-1)28(22-14-6-2-7-15-22,23-16-8-3-9-17-23)27-25-20-29-26-19-11-10-18-24(25)26/h1-20H. The van der Waals surface area contributed by atoms with Crippen molar-refractivity contribution in [1.29, 1.82) is 0 Å². The van der Waals surface area contributed by atoms with Gasteiger partial charge in [0.2, 0.25) is 0 Å². The summed E-state index contributed by atoms with van der Waals surface area (Å²) in [7, 11) is -2.21. The van der Waals surface area contributed by atoms with Gasteiger partial charge in [-0.2, -0.15) is 0 Å². The molecule has 5 aromatic rings. The van der Waals surface area contributed by atoms with Gasteiger partial charge in [0, 0.05) is 31.4 Å². The molecule has 5 rings (SSSR count). The van der Waals surface area contributed by atoms with Crippen LogP contribution in [0.5, 0.6) is 0 Å². The first-order valence-corrected chi connectivity index (χ1v) is 12.3. The van der Waals surface area contributed by atoms with E-state index >= 15 is 0 Å². The third-order valence-electron chi connectivity index (χ3n) is 5.11. The van der Waals surface area contributed by atoms with E-state index < -0.39 is 7.05 Å². The Morgan fingerprint density at radius 2 is 0.966 bits per heavy atom. The second kappa shape index (κ2) is 7.83. The molecule has 0 atom stereocenters. The molecule has 3 heteroatoms. The summed E-state index contributed by atoms with van der Waals surface area (Å²) >= 11 is 1.76. The van der Waals surface area contributed by atoms with E-state index in [0.717, 1.165) is 5.69 Å². The molecule has 0 saturated heterocycles. The maximum atomic E-state index is 5.61. The molecule has 29 heavy (non-hydrogen) atoms. The molecule has 0 saturated carbocycles. The van der Waals surface area contributed by atoms with Crippen molar-refractivity contribution in [2.75, 3.05) is 0 Å². The highest BCUT2D eigenvalue weighted by Crippen LogP contribution is 2.51. The van der Waals surface area contributed by atoms with Crippen molar-refractivity contribution in [3.63, 3.8) is 0 Å². The van der Waals surface area contributed by atoms with E-state index in [1.165, 1.54) is 26.0 Å². The Balaban J connectivity index is 1.93. The lowest BCUT2D eigenvalue weighted by Crippen LogP contribution is -2.25. The highest BCUT2D eigenvalue weighted by molar-refractivity contribution is 7.87. The molecule has 140 valence electrons. The molecule has 0 fully saturated rings. The summed E-state index contributed by atoms with van der Waals surface area (Å²) in [5.41, 5.74) is 1.08. The van der Waals surface area contributed by atoms with Crippen molar-refractivity contribution in [1.82, 2.24) is 0 Å². The molecule has 0 spiro atoms. The molecule has 0 aliphatic carbocycles. The second-order valence-electron chi connectivity index (χ2n) is 6.86. The van der Waals surface area contributed by atoms with Crippen molar-refractivity contribution < 1.29 is 0 Å². The molecule has 0 N–H and O–H groups in total. The van der Waals surface area contributed by atoms with Crippen LogP contribution in [0.2, 0.25) is 0 Å². The van der Waals surface area contributed by atoms with Crippen LogP contribution in [-0.2, 0) is 0 Å². The highest BCUT2D eigenvalue weighted by Gasteiger charge is 2.27. The van der Waals surface area contributed by atoms with E-state index in [4.69, 9.17) is 4.74 Å². The Morgan fingerprint density at radius 1 is 0.517 bits per heavy atom. The molecule has 0 bridgehead atoms. The monoisotopic (exact) mass is 409 g/mol. The van der Waals surface area contributed by atoms with E-state index in [0.29, 0.717) is 0 Å². The van der Waals surface area contributed by atoms with Crippen LogP contribution in [0.3, 0.4) is 0 Å². The maximum absolute atomic E-state index is 5.61. The van der Waals surface area contributed by atoms with Crippen LogP contribution >= 0.6 is 18.4 Å². The van der Waals surface area contributed by atoms with Crippen LogP contribution < -0.4 is 15.9 Å². The lowest BCUT2D eigenvalue weighted by Gasteiger charge is -2.26. The number of hydrogen-bond acceptors (Lipinski definition) is 2. The van der Waals surface area contributed by atoms with Crippen LogP contribution in [0, 0.1) is 0 Å². The third-order valence-corrected chi connectivity index (χ3v) is 9.71. The predicted molar refractivity (Wildman–Crippen MR) is 129 cm³/mol. The van der Waals surface area contributed by atoms with Crippen LogP contribution in [-0.4, -0.2) is 0 Å². The van der Waals surface area contributed by atoms with Crippen molar-refractivity contribution in [3.8, 4) is 0 Å². The minimum Gasteiger partial charge on any atom is -0.252 e. The lowest BCUT2D eigenvalue weighted by atomic mass is 10.2. The Hall–Kier alpha value is -2.93. The Morgan fingerprint density at radius 3 is 1.48 bits per heavy atom. The van der Waals surface area contributed by atoms with Gasteiger partial charge in [0.1, 0.15) is 0 Å². The van der Waals surface area contributed by atoms with Crippen LogP contribution in [0.15, 0.2) is 125 Å². The molecule has 0 radical (unpaired) electrons. The summed E-state index contributed by atoms with van der Waals surface area (Å²) in [6, 6.07) is 40.9. The zero-order chi connectivity index (χ0) is 19.5. The fourth-order valence-electron chi connectivity index (χ4n) is 3.75. The molecule has 0 aliphatic rings. The largest absolute Gasteiger partial charge is 0.252 e. The van der Waals surface area contributed by atoms with Gasteiger partial charge in [-0.25, -0.2) is 0 Å². The van der Waals surface area contributed by atoms with E-state index in [9.17, 15) is 0 Å². The molecule has 0 unspecified atom stereocenters. The van der Waals surface area contributed by atoms with Gasteiger partial charge in [-0.1, -0.05) is 109 Å². The van der Waals surface area contributed by atoms with Crippen LogP contribution in [0.4, 0.5) is 5.69 Å². The topological polar surface area (TPSA) is 12.4 Å². The molecule has 1 heterocycles. The number of nitrogens with zero attached hydrogens (tertiary/aromatic N) is 1. The fraction of sp³-hybridized carbons (Fsp3) is 0. The average Bonchev–Trinajstić information content (AvgIpc) is 3.22. The smallest absolute Gasteiger partial charge is 0.0810 e. The van der Waals surface area contributed by atoms with E-state index in [2.05, 4.69) is 121 Å². The van der Waals surface area contributed by atoms with Crippen molar-refractivity contribution in [2.45, 2.75) is 0 Å². The minimum atomic E-state index is -2.21. The molecule has 0 amide bonds. The number of hydrogen-bond donors (Lipinski definition) is 0. The summed E-state index contributed by atoms with van der Waals surface area (Å²) < 4.78 is 6.89. The summed E-state index contributed by atoms with van der Waals surface area (Å²) in [5, 5.41) is 7.24. The molecule has 0 aliphatic heterocycles. The van der Waals surface area contributed by atoms with Crippen LogP contribution in [0.1, 0.15) is 0 Å². The van der Waals surface area contributed by atoms with E-state index in [1.807, 2.05) is 0 Å². The van der Waals surface area contributed by atoms with E-state index in [1.54, 1.807) is 11.3 Å². The van der Waals surface area contributed by atoms with Gasteiger partial charge in [0.05, 0.1) is 12.7 Å². The fourth-order valence-corrected chi connectivity index (χ4v) is 8.25. The highest BCUT2D eigenvalue weighted by atomic mass is 32.1. The number of benzene rings is 4. The lowest BCUT2D eigenvalue weighted by molar-refractivity contribution is 1.63. The van der Waals surface area contributed by atoms with Gasteiger partial charge in [0.25, 0.3) is 0 Å². The van der Waals surface area contributed by atoms with Gasteiger partial charge in [0.15, 0.2) is 0 Å². The molecular weight excluding hydrogens is 389 g/mol. The zero-order valence-electron chi connectivity index (χ0n) is 15.8. The summed E-state index contributed by atoms with van der Waals surface area (Å²) in [6.45, 7) is 0. The zero-order valence-corrected chi connectivity index (χ0v) is 17.6. The van der Waals surface area contributed by atoms with Gasteiger partial charge in [-0.05, 0) is 6.07 Å². The third kappa shape index (κ3) is 3.25. The molecule has 1 nitrogen and oxygen atoms in total. The first-order valence-electron chi connectivity index (χ1n) is 9.63. The minimum absolute atomic E-state index is 1.08. The first kappa shape index (κ1) is 18.1. The first-order chi connectivity index (χ1) is 14.4. The van der Waals surface area contributed by atoms with Crippen molar-refractivity contribution in [2.24, 2.45) is 4.74 Å². The molecular formula is C26H20NPS. The normalized spacial score (nSPS) is 11.4. The number of thiophene rings is 1. The van der Waals surface area contributed by atoms with Gasteiger partial charge in [-0.3, -0.25) is 4.74 Å². The van der Waals surface area contributed by atoms with E-state index in [-0.39, 0.29) is 0 Å². The second-order valence-corrected chi connectivity index (χ2v) is 10.8. The summed E-state index contributed by atoms with van der Waals surface area (Å²) in [5.74, 6) is 0. The van der Waals surface area contributed by atoms with Crippen molar-refractivity contribution in [3.05, 3.63) is 121 Å². The van der Waals surface area contributed by atoms with Gasteiger partial charge >= 0.3 is 0 Å². The summed E-state index contributed by atoms with van der Waals surface area (Å²) in [6.07, 6.45) is 0. The van der Waals surface area contributed by atoms with Gasteiger partial charge < -0.3 is 0 Å². The predicted octanol–water partition coefficient (Wildman–Crippen LogP) is 6.71. The Bertz CT molecular complexity index is 1190. The quantitative estimate of drug-likeness (QED) is 0.293. The SMILES string of the molecule is c1ccc(P(=Nc2csc3ccccc23)(c2ccccc2)c2ccccc2)cc1. The number of fused-ring (bicyclic) bond motifs is 1. The molecule has 1 aromatic heterocycles. The van der Waals surface area contributed by atoms with Gasteiger partial charge in [-0.15, -0.1) is 11.3 Å². The maximum Gasteiger partial charge on any atom is 0.0810 e. The Labute approximate surface area is 175 Å².